The van der Waals surface area contributed by atoms with Gasteiger partial charge in [-0.25, -0.2) is 0 Å². The van der Waals surface area contributed by atoms with Gasteiger partial charge >= 0.3 is 0 Å². The molecule has 2 atom stereocenters. The zero-order valence-corrected chi connectivity index (χ0v) is 14.6. The van der Waals surface area contributed by atoms with Crippen LogP contribution in [0.25, 0.3) is 0 Å². The molecular weight excluding hydrogens is 330 g/mol. The van der Waals surface area contributed by atoms with Gasteiger partial charge < -0.3 is 19.9 Å². The van der Waals surface area contributed by atoms with Crippen LogP contribution in [0, 0.1) is 0 Å². The first-order valence-electron chi connectivity index (χ1n) is 9.19. The van der Waals surface area contributed by atoms with Crippen molar-refractivity contribution in [1.82, 2.24) is 9.88 Å². The van der Waals surface area contributed by atoms with Gasteiger partial charge in [0, 0.05) is 36.3 Å². The van der Waals surface area contributed by atoms with E-state index in [0.717, 1.165) is 37.9 Å². The molecule has 2 N–H and O–H groups in total. The summed E-state index contributed by atoms with van der Waals surface area (Å²) in [6.45, 7) is 1.38. The monoisotopic (exact) mass is 353 g/mol. The minimum Gasteiger partial charge on any atom is -0.368 e. The molecule has 26 heavy (non-hydrogen) atoms. The minimum atomic E-state index is -0.384. The number of H-pyrrole nitrogens is 1. The third-order valence-corrected chi connectivity index (χ3v) is 5.09. The van der Waals surface area contributed by atoms with Crippen LogP contribution in [0.2, 0.25) is 0 Å². The van der Waals surface area contributed by atoms with Crippen LogP contribution in [0.15, 0.2) is 42.6 Å². The topological polar surface area (TPSA) is 74.4 Å². The van der Waals surface area contributed by atoms with Crippen molar-refractivity contribution < 1.29 is 14.3 Å². The predicted molar refractivity (Wildman–Crippen MR) is 97.8 cm³/mol. The summed E-state index contributed by atoms with van der Waals surface area (Å²) >= 11 is 0. The molecule has 0 aliphatic carbocycles. The highest BCUT2D eigenvalue weighted by Gasteiger charge is 2.31. The number of ether oxygens (including phenoxy) is 1. The lowest BCUT2D eigenvalue weighted by Gasteiger charge is -2.24. The molecule has 6 heteroatoms. The van der Waals surface area contributed by atoms with Crippen LogP contribution < -0.4 is 5.32 Å². The number of likely N-dealkylation sites (tertiary alicyclic amines) is 1. The molecule has 2 fully saturated rings. The highest BCUT2D eigenvalue weighted by atomic mass is 16.5. The summed E-state index contributed by atoms with van der Waals surface area (Å²) in [6, 6.07) is 11.2. The molecule has 0 bridgehead atoms. The van der Waals surface area contributed by atoms with Crippen LogP contribution in [-0.2, 0) is 9.53 Å². The first-order valence-corrected chi connectivity index (χ1v) is 9.19. The standard InChI is InChI=1S/C20H23N3O3/c24-19(18-9-4-12-26-18)22-15-6-1-5-14(13-15)20(25)23-11-3-8-17(23)16-7-2-10-21-16/h1-2,5-7,10,13,17-18,21H,3-4,8-9,11-12H2,(H,22,24)/t17-,18+/m0/s1. The molecule has 0 radical (unpaired) electrons. The number of hydrogen-bond donors (Lipinski definition) is 2. The van der Waals surface area contributed by atoms with Crippen molar-refractivity contribution in [3.8, 4) is 0 Å². The van der Waals surface area contributed by atoms with E-state index in [1.54, 1.807) is 24.3 Å². The Bertz CT molecular complexity index is 781. The van der Waals surface area contributed by atoms with E-state index >= 15 is 0 Å². The number of anilines is 1. The largest absolute Gasteiger partial charge is 0.368 e. The molecule has 2 aliphatic heterocycles. The normalized spacial score (nSPS) is 22.5. The Balaban J connectivity index is 1.48. The number of carbonyl (C=O) groups is 2. The fourth-order valence-corrected chi connectivity index (χ4v) is 3.79. The van der Waals surface area contributed by atoms with Gasteiger partial charge in [-0.3, -0.25) is 9.59 Å². The molecule has 136 valence electrons. The minimum absolute atomic E-state index is 0.00434. The van der Waals surface area contributed by atoms with E-state index in [4.69, 9.17) is 4.74 Å². The summed E-state index contributed by atoms with van der Waals surface area (Å²) in [4.78, 5) is 30.4. The van der Waals surface area contributed by atoms with Crippen molar-refractivity contribution in [3.05, 3.63) is 53.9 Å². The van der Waals surface area contributed by atoms with E-state index in [1.807, 2.05) is 23.2 Å². The molecule has 3 heterocycles. The molecular formula is C20H23N3O3. The van der Waals surface area contributed by atoms with Gasteiger partial charge in [0.25, 0.3) is 11.8 Å². The van der Waals surface area contributed by atoms with Crippen molar-refractivity contribution in [1.29, 1.82) is 0 Å². The maximum atomic E-state index is 13.0. The van der Waals surface area contributed by atoms with Crippen molar-refractivity contribution in [2.75, 3.05) is 18.5 Å². The molecule has 1 aromatic heterocycles. The van der Waals surface area contributed by atoms with E-state index < -0.39 is 0 Å². The third-order valence-electron chi connectivity index (χ3n) is 5.09. The summed E-state index contributed by atoms with van der Waals surface area (Å²) in [6.07, 6.45) is 5.11. The molecule has 2 aromatic rings. The SMILES string of the molecule is O=C(Nc1cccc(C(=O)N2CCC[C@H]2c2ccc[nH]2)c1)[C@H]1CCCO1. The van der Waals surface area contributed by atoms with Crippen LogP contribution in [0.1, 0.15) is 47.8 Å². The summed E-state index contributed by atoms with van der Waals surface area (Å²) in [5, 5.41) is 2.87. The van der Waals surface area contributed by atoms with Gasteiger partial charge in [0.05, 0.1) is 6.04 Å². The van der Waals surface area contributed by atoms with Crippen LogP contribution in [-0.4, -0.2) is 41.0 Å². The van der Waals surface area contributed by atoms with Crippen molar-refractivity contribution in [3.63, 3.8) is 0 Å². The molecule has 1 aromatic carbocycles. The Morgan fingerprint density at radius 3 is 2.85 bits per heavy atom. The highest BCUT2D eigenvalue weighted by molar-refractivity contribution is 5.98. The zero-order chi connectivity index (χ0) is 17.9. The fourth-order valence-electron chi connectivity index (χ4n) is 3.79. The first kappa shape index (κ1) is 16.8. The zero-order valence-electron chi connectivity index (χ0n) is 14.6. The van der Waals surface area contributed by atoms with Crippen LogP contribution in [0.5, 0.6) is 0 Å². The first-order chi connectivity index (χ1) is 12.7. The summed E-state index contributed by atoms with van der Waals surface area (Å²) in [7, 11) is 0. The number of amides is 2. The van der Waals surface area contributed by atoms with Crippen LogP contribution >= 0.6 is 0 Å². The van der Waals surface area contributed by atoms with Gasteiger partial charge in [-0.15, -0.1) is 0 Å². The Hall–Kier alpha value is -2.60. The van der Waals surface area contributed by atoms with Gasteiger partial charge in [0.1, 0.15) is 6.10 Å². The number of benzene rings is 1. The maximum Gasteiger partial charge on any atom is 0.254 e. The summed E-state index contributed by atoms with van der Waals surface area (Å²) < 4.78 is 5.41. The fraction of sp³-hybridized carbons (Fsp3) is 0.400. The van der Waals surface area contributed by atoms with Crippen LogP contribution in [0.3, 0.4) is 0 Å². The average Bonchev–Trinajstić information content (AvgIpc) is 3.43. The molecule has 6 nitrogen and oxygen atoms in total. The quantitative estimate of drug-likeness (QED) is 0.887. The number of nitrogens with one attached hydrogen (secondary N) is 2. The molecule has 2 aliphatic rings. The van der Waals surface area contributed by atoms with Gasteiger partial charge in [0.2, 0.25) is 0 Å². The molecule has 0 unspecified atom stereocenters. The maximum absolute atomic E-state index is 13.0. The van der Waals surface area contributed by atoms with E-state index in [9.17, 15) is 9.59 Å². The molecule has 2 amide bonds. The third kappa shape index (κ3) is 3.37. The molecule has 2 saturated heterocycles. The second-order valence-electron chi connectivity index (χ2n) is 6.85. The molecule has 0 saturated carbocycles. The van der Waals surface area contributed by atoms with E-state index in [2.05, 4.69) is 10.3 Å². The number of hydrogen-bond acceptors (Lipinski definition) is 3. The summed E-state index contributed by atoms with van der Waals surface area (Å²) in [5.74, 6) is -0.146. The lowest BCUT2D eigenvalue weighted by molar-refractivity contribution is -0.124. The van der Waals surface area contributed by atoms with Crippen molar-refractivity contribution in [2.45, 2.75) is 37.8 Å². The van der Waals surface area contributed by atoms with E-state index in [1.165, 1.54) is 0 Å². The smallest absolute Gasteiger partial charge is 0.254 e. The van der Waals surface area contributed by atoms with Gasteiger partial charge in [-0.2, -0.15) is 0 Å². The van der Waals surface area contributed by atoms with E-state index in [-0.39, 0.29) is 24.0 Å². The Kier molecular flexibility index (Phi) is 4.75. The highest BCUT2D eigenvalue weighted by Crippen LogP contribution is 2.32. The second-order valence-corrected chi connectivity index (χ2v) is 6.85. The van der Waals surface area contributed by atoms with Gasteiger partial charge in [-0.05, 0) is 56.0 Å². The molecule has 0 spiro atoms. The number of aromatic nitrogens is 1. The number of nitrogens with zero attached hydrogens (tertiary/aromatic N) is 1. The Morgan fingerprint density at radius 2 is 2.08 bits per heavy atom. The predicted octanol–water partition coefficient (Wildman–Crippen LogP) is 3.11. The van der Waals surface area contributed by atoms with Gasteiger partial charge in [-0.1, -0.05) is 6.07 Å². The van der Waals surface area contributed by atoms with Gasteiger partial charge in [0.15, 0.2) is 0 Å². The number of rotatable bonds is 4. The van der Waals surface area contributed by atoms with Crippen LogP contribution in [0.4, 0.5) is 5.69 Å². The van der Waals surface area contributed by atoms with E-state index in [0.29, 0.717) is 17.9 Å². The second kappa shape index (κ2) is 7.33. The van der Waals surface area contributed by atoms with Crippen molar-refractivity contribution >= 4 is 17.5 Å². The summed E-state index contributed by atoms with van der Waals surface area (Å²) in [5.41, 5.74) is 2.29. The Morgan fingerprint density at radius 1 is 1.15 bits per heavy atom. The Labute approximate surface area is 152 Å². The number of aromatic amines is 1. The lowest BCUT2D eigenvalue weighted by atomic mass is 10.1. The number of carbonyl (C=O) groups excluding carboxylic acids is 2. The lowest BCUT2D eigenvalue weighted by Crippen LogP contribution is -2.31. The van der Waals surface area contributed by atoms with Crippen molar-refractivity contribution in [2.24, 2.45) is 0 Å². The average molecular weight is 353 g/mol. The molecule has 4 rings (SSSR count).